The molecule has 5 nitrogen and oxygen atoms in total. The molecule has 3 heterocycles. The van der Waals surface area contributed by atoms with Crippen LogP contribution in [0.5, 0.6) is 0 Å². The zero-order valence-corrected chi connectivity index (χ0v) is 16.6. The maximum Gasteiger partial charge on any atom is 0.254 e. The lowest BCUT2D eigenvalue weighted by Crippen LogP contribution is -2.45. The van der Waals surface area contributed by atoms with E-state index in [9.17, 15) is 13.6 Å². The predicted molar refractivity (Wildman–Crippen MR) is 108 cm³/mol. The molecule has 1 unspecified atom stereocenters. The third kappa shape index (κ3) is 4.24. The van der Waals surface area contributed by atoms with E-state index in [2.05, 4.69) is 15.2 Å². The van der Waals surface area contributed by atoms with Gasteiger partial charge in [0.15, 0.2) is 11.6 Å². The molecule has 2 fully saturated rings. The predicted octanol–water partition coefficient (Wildman–Crippen LogP) is 3.53. The fraction of sp³-hybridized carbons (Fsp3) is 0.455. The van der Waals surface area contributed by atoms with Crippen LogP contribution in [0.3, 0.4) is 0 Å². The number of amides is 1. The smallest absolute Gasteiger partial charge is 0.254 e. The highest BCUT2D eigenvalue weighted by Gasteiger charge is 2.42. The second-order valence-corrected chi connectivity index (χ2v) is 8.22. The molecule has 154 valence electrons. The highest BCUT2D eigenvalue weighted by atomic mass is 19.2. The van der Waals surface area contributed by atoms with E-state index in [0.717, 1.165) is 51.0 Å². The van der Waals surface area contributed by atoms with Crippen LogP contribution in [0.1, 0.15) is 35.2 Å². The van der Waals surface area contributed by atoms with Gasteiger partial charge in [0.25, 0.3) is 5.91 Å². The third-order valence-electron chi connectivity index (χ3n) is 6.12. The number of rotatable bonds is 4. The summed E-state index contributed by atoms with van der Waals surface area (Å²) in [7, 11) is 1.78. The van der Waals surface area contributed by atoms with E-state index in [4.69, 9.17) is 0 Å². The number of benzene rings is 1. The summed E-state index contributed by atoms with van der Waals surface area (Å²) in [4.78, 5) is 21.4. The van der Waals surface area contributed by atoms with Gasteiger partial charge in [-0.25, -0.2) is 13.8 Å². The number of hydrogen-bond donors (Lipinski definition) is 1. The molecule has 2 saturated heterocycles. The number of hydrogen-bond acceptors (Lipinski definition) is 4. The summed E-state index contributed by atoms with van der Waals surface area (Å²) in [5, 5.41) is 2.97. The van der Waals surface area contributed by atoms with Gasteiger partial charge in [-0.15, -0.1) is 0 Å². The van der Waals surface area contributed by atoms with E-state index in [1.807, 2.05) is 4.90 Å². The molecular weight excluding hydrogens is 374 g/mol. The van der Waals surface area contributed by atoms with Gasteiger partial charge < -0.3 is 10.2 Å². The minimum absolute atomic E-state index is 0.0403. The SMILES string of the molecule is CNc1cc(C(=O)N2CCC3(CCCN(Cc4ccc(F)c(F)c4)C3)C2)ccn1. The standard InChI is InChI=1S/C22H26F2N4O/c1-25-20-12-17(5-8-26-20)21(29)28-10-7-22(15-28)6-2-9-27(14-22)13-16-3-4-18(23)19(24)11-16/h3-5,8,11-12H,2,6-7,9-10,13-15H2,1H3,(H,25,26). The summed E-state index contributed by atoms with van der Waals surface area (Å²) in [6.45, 7) is 3.88. The van der Waals surface area contributed by atoms with Crippen LogP contribution in [-0.4, -0.2) is 53.9 Å². The molecule has 0 bridgehead atoms. The summed E-state index contributed by atoms with van der Waals surface area (Å²) in [5.41, 5.74) is 1.50. The topological polar surface area (TPSA) is 48.5 Å². The first-order valence-electron chi connectivity index (χ1n) is 10.1. The number of likely N-dealkylation sites (tertiary alicyclic amines) is 2. The van der Waals surface area contributed by atoms with Gasteiger partial charge in [-0.2, -0.15) is 0 Å². The van der Waals surface area contributed by atoms with E-state index >= 15 is 0 Å². The Hall–Kier alpha value is -2.54. The fourth-order valence-corrected chi connectivity index (χ4v) is 4.67. The zero-order valence-electron chi connectivity index (χ0n) is 16.6. The first kappa shape index (κ1) is 19.8. The van der Waals surface area contributed by atoms with Crippen molar-refractivity contribution < 1.29 is 13.6 Å². The number of anilines is 1. The molecule has 29 heavy (non-hydrogen) atoms. The van der Waals surface area contributed by atoms with Crippen molar-refractivity contribution >= 4 is 11.7 Å². The normalized spacial score (nSPS) is 22.2. The van der Waals surface area contributed by atoms with Crippen molar-refractivity contribution in [3.63, 3.8) is 0 Å². The van der Waals surface area contributed by atoms with Crippen LogP contribution in [0, 0.1) is 17.0 Å². The first-order chi connectivity index (χ1) is 14.0. The minimum Gasteiger partial charge on any atom is -0.373 e. The maximum atomic E-state index is 13.5. The fourth-order valence-electron chi connectivity index (χ4n) is 4.67. The summed E-state index contributed by atoms with van der Waals surface area (Å²) in [6, 6.07) is 7.65. The van der Waals surface area contributed by atoms with Gasteiger partial charge >= 0.3 is 0 Å². The highest BCUT2D eigenvalue weighted by Crippen LogP contribution is 2.39. The van der Waals surface area contributed by atoms with Gasteiger partial charge in [0.1, 0.15) is 5.82 Å². The lowest BCUT2D eigenvalue weighted by Gasteiger charge is -2.40. The molecule has 1 aromatic heterocycles. The van der Waals surface area contributed by atoms with E-state index in [1.165, 1.54) is 12.1 Å². The number of aromatic nitrogens is 1. The van der Waals surface area contributed by atoms with Crippen molar-refractivity contribution in [1.29, 1.82) is 0 Å². The van der Waals surface area contributed by atoms with Crippen molar-refractivity contribution in [2.75, 3.05) is 38.5 Å². The molecule has 2 aliphatic heterocycles. The molecular formula is C22H26F2N4O. The van der Waals surface area contributed by atoms with Gasteiger partial charge in [-0.3, -0.25) is 9.69 Å². The number of piperidine rings is 1. The molecule has 0 radical (unpaired) electrons. The Labute approximate surface area is 169 Å². The average Bonchev–Trinajstić information content (AvgIpc) is 3.13. The number of halogens is 2. The maximum absolute atomic E-state index is 13.5. The number of carbonyl (C=O) groups excluding carboxylic acids is 1. The van der Waals surface area contributed by atoms with E-state index < -0.39 is 11.6 Å². The van der Waals surface area contributed by atoms with Crippen molar-refractivity contribution in [2.24, 2.45) is 5.41 Å². The number of nitrogens with zero attached hydrogens (tertiary/aromatic N) is 3. The Morgan fingerprint density at radius 1 is 1.14 bits per heavy atom. The van der Waals surface area contributed by atoms with Crippen LogP contribution in [0.4, 0.5) is 14.6 Å². The Bertz CT molecular complexity index is 906. The molecule has 0 aliphatic carbocycles. The molecule has 1 atom stereocenters. The summed E-state index contributed by atoms with van der Waals surface area (Å²) >= 11 is 0. The quantitative estimate of drug-likeness (QED) is 0.853. The largest absolute Gasteiger partial charge is 0.373 e. The molecule has 1 aromatic carbocycles. The molecule has 1 amide bonds. The summed E-state index contributed by atoms with van der Waals surface area (Å²) in [6.07, 6.45) is 4.75. The van der Waals surface area contributed by atoms with Crippen molar-refractivity contribution in [2.45, 2.75) is 25.8 Å². The Balaban J connectivity index is 1.42. The first-order valence-corrected chi connectivity index (χ1v) is 10.1. The van der Waals surface area contributed by atoms with Gasteiger partial charge in [-0.1, -0.05) is 6.07 Å². The van der Waals surface area contributed by atoms with Crippen molar-refractivity contribution in [3.8, 4) is 0 Å². The van der Waals surface area contributed by atoms with Gasteiger partial charge in [-0.05, 0) is 55.6 Å². The van der Waals surface area contributed by atoms with E-state index in [-0.39, 0.29) is 11.3 Å². The zero-order chi connectivity index (χ0) is 20.4. The summed E-state index contributed by atoms with van der Waals surface area (Å²) < 4.78 is 26.7. The van der Waals surface area contributed by atoms with E-state index in [0.29, 0.717) is 17.9 Å². The van der Waals surface area contributed by atoms with Crippen LogP contribution in [0.2, 0.25) is 0 Å². The van der Waals surface area contributed by atoms with Crippen LogP contribution < -0.4 is 5.32 Å². The monoisotopic (exact) mass is 400 g/mol. The second-order valence-electron chi connectivity index (χ2n) is 8.22. The lowest BCUT2D eigenvalue weighted by molar-refractivity contribution is 0.0675. The Morgan fingerprint density at radius 3 is 2.79 bits per heavy atom. The highest BCUT2D eigenvalue weighted by molar-refractivity contribution is 5.95. The average molecular weight is 400 g/mol. The summed E-state index contributed by atoms with van der Waals surface area (Å²) in [5.74, 6) is -0.893. The molecule has 2 aromatic rings. The Kier molecular flexibility index (Phi) is 5.50. The number of carbonyl (C=O) groups is 1. The number of nitrogens with one attached hydrogen (secondary N) is 1. The molecule has 1 spiro atoms. The number of pyridine rings is 1. The third-order valence-corrected chi connectivity index (χ3v) is 6.12. The van der Waals surface area contributed by atoms with Crippen molar-refractivity contribution in [1.82, 2.24) is 14.8 Å². The lowest BCUT2D eigenvalue weighted by atomic mass is 9.79. The van der Waals surface area contributed by atoms with Gasteiger partial charge in [0, 0.05) is 50.4 Å². The molecule has 4 rings (SSSR count). The van der Waals surface area contributed by atoms with Crippen LogP contribution in [0.15, 0.2) is 36.5 Å². The molecule has 1 N–H and O–H groups in total. The Morgan fingerprint density at radius 2 is 2.00 bits per heavy atom. The molecule has 7 heteroatoms. The van der Waals surface area contributed by atoms with Gasteiger partial charge in [0.2, 0.25) is 0 Å². The molecule has 0 saturated carbocycles. The van der Waals surface area contributed by atoms with Crippen LogP contribution in [-0.2, 0) is 6.54 Å². The van der Waals surface area contributed by atoms with Gasteiger partial charge in [0.05, 0.1) is 0 Å². The molecule has 2 aliphatic rings. The minimum atomic E-state index is -0.814. The van der Waals surface area contributed by atoms with Crippen LogP contribution in [0.25, 0.3) is 0 Å². The van der Waals surface area contributed by atoms with E-state index in [1.54, 1.807) is 31.4 Å². The van der Waals surface area contributed by atoms with Crippen molar-refractivity contribution in [3.05, 3.63) is 59.3 Å². The van der Waals surface area contributed by atoms with Crippen LogP contribution >= 0.6 is 0 Å². The second kappa shape index (κ2) is 8.06.